The van der Waals surface area contributed by atoms with Crippen LogP contribution in [0.15, 0.2) is 41.5 Å². The summed E-state index contributed by atoms with van der Waals surface area (Å²) in [6, 6.07) is 6.82. The van der Waals surface area contributed by atoms with Crippen LogP contribution in [0.5, 0.6) is 0 Å². The smallest absolute Gasteiger partial charge is 0.408 e. The number of amides is 1. The summed E-state index contributed by atoms with van der Waals surface area (Å²) in [5.74, 6) is -5.49. The average Bonchev–Trinajstić information content (AvgIpc) is 3.19. The lowest BCUT2D eigenvalue weighted by molar-refractivity contribution is -0.337. The van der Waals surface area contributed by atoms with Gasteiger partial charge in [-0.1, -0.05) is 51.1 Å². The molecule has 2 saturated heterocycles. The number of ether oxygens (including phenoxy) is 6. The van der Waals surface area contributed by atoms with Gasteiger partial charge < -0.3 is 74.6 Å². The molecule has 19 nitrogen and oxygen atoms in total. The Balaban J connectivity index is 1.31. The summed E-state index contributed by atoms with van der Waals surface area (Å²) in [5, 5.41) is 91.9. The molecule has 9 N–H and O–H groups in total. The van der Waals surface area contributed by atoms with Crippen LogP contribution in [0.1, 0.15) is 79.8 Å². The zero-order valence-corrected chi connectivity index (χ0v) is 36.1. The van der Waals surface area contributed by atoms with Crippen molar-refractivity contribution >= 4 is 23.8 Å². The molecule has 346 valence electrons. The molecule has 2 bridgehead atoms. The Hall–Kier alpha value is -3.60. The number of carbonyl (C=O) groups is 4. The van der Waals surface area contributed by atoms with E-state index < -0.39 is 144 Å². The standard InChI is InChI=1S/C43H61NO18/c1-19-22(59-36(53)31(49)28(21-12-10-9-11-13-21)44-38(54)62-39(3,4)5)15-43(56)20(2)34-41(8,35(52)30(48)27(19)40(43,6)7)24(14-25-42(34,55)18-58-25)61-26(46)17-57-37-33(51)32(50)29(47)23(16-45)60-37/h9-13,20,22-25,28-34,37,45,47-51,55-56H,14-18H2,1-8H3,(H,44,54)/t20-,22?,23?,24?,25?,28?,29?,30?,31?,32?,33?,34?,37?,41+,42?,43?/m0/s1. The van der Waals surface area contributed by atoms with Gasteiger partial charge in [-0.25, -0.2) is 14.4 Å². The van der Waals surface area contributed by atoms with E-state index in [2.05, 4.69) is 5.32 Å². The molecule has 1 aromatic rings. The molecule has 2 saturated carbocycles. The second-order valence-corrected chi connectivity index (χ2v) is 19.1. The average molecular weight is 880 g/mol. The van der Waals surface area contributed by atoms with Gasteiger partial charge in [0, 0.05) is 24.2 Å². The second-order valence-electron chi connectivity index (χ2n) is 19.1. The van der Waals surface area contributed by atoms with Gasteiger partial charge in [0.15, 0.2) is 18.2 Å². The van der Waals surface area contributed by atoms with E-state index in [1.165, 1.54) is 13.8 Å². The van der Waals surface area contributed by atoms with E-state index in [-0.39, 0.29) is 30.6 Å². The van der Waals surface area contributed by atoms with E-state index in [1.54, 1.807) is 71.9 Å². The normalized spacial score (nSPS) is 40.0. The quantitative estimate of drug-likeness (QED) is 0.0811. The third-order valence-electron chi connectivity index (χ3n) is 14.0. The molecule has 0 radical (unpaired) electrons. The van der Waals surface area contributed by atoms with Gasteiger partial charge in [0.2, 0.25) is 0 Å². The minimum absolute atomic E-state index is 0.0107. The van der Waals surface area contributed by atoms with Crippen LogP contribution in [0.2, 0.25) is 0 Å². The third kappa shape index (κ3) is 8.08. The maximum Gasteiger partial charge on any atom is 0.408 e. The first-order chi connectivity index (χ1) is 28.7. The number of aliphatic hydroxyl groups is 8. The number of benzene rings is 1. The molecule has 1 aromatic carbocycles. The maximum atomic E-state index is 15.0. The highest BCUT2D eigenvalue weighted by Gasteiger charge is 2.75. The molecule has 0 spiro atoms. The van der Waals surface area contributed by atoms with E-state index in [0.717, 1.165) is 0 Å². The van der Waals surface area contributed by atoms with Crippen molar-refractivity contribution in [1.82, 2.24) is 5.32 Å². The largest absolute Gasteiger partial charge is 0.459 e. The molecular weight excluding hydrogens is 818 g/mol. The molecule has 2 aliphatic heterocycles. The second kappa shape index (κ2) is 17.1. The number of aliphatic hydroxyl groups excluding tert-OH is 6. The zero-order chi connectivity index (χ0) is 46.1. The molecule has 6 rings (SSSR count). The number of esters is 2. The number of hydrogen-bond donors (Lipinski definition) is 9. The van der Waals surface area contributed by atoms with Crippen LogP contribution in [-0.4, -0.2) is 163 Å². The summed E-state index contributed by atoms with van der Waals surface area (Å²) >= 11 is 0. The summed E-state index contributed by atoms with van der Waals surface area (Å²) < 4.78 is 33.7. The van der Waals surface area contributed by atoms with Crippen LogP contribution < -0.4 is 5.32 Å². The van der Waals surface area contributed by atoms with Crippen molar-refractivity contribution in [2.45, 2.75) is 152 Å². The number of fused-ring (bicyclic) bond motifs is 5. The third-order valence-corrected chi connectivity index (χ3v) is 14.0. The number of ketones is 1. The van der Waals surface area contributed by atoms with Gasteiger partial charge in [0.05, 0.1) is 36.4 Å². The zero-order valence-electron chi connectivity index (χ0n) is 36.1. The van der Waals surface area contributed by atoms with Crippen molar-refractivity contribution in [2.75, 3.05) is 19.8 Å². The van der Waals surface area contributed by atoms with Gasteiger partial charge in [-0.15, -0.1) is 0 Å². The fourth-order valence-electron chi connectivity index (χ4n) is 10.6. The minimum Gasteiger partial charge on any atom is -0.459 e. The molecule has 3 aliphatic carbocycles. The van der Waals surface area contributed by atoms with Gasteiger partial charge >= 0.3 is 18.0 Å². The summed E-state index contributed by atoms with van der Waals surface area (Å²) in [6.45, 7) is 10.9. The Kier molecular flexibility index (Phi) is 13.2. The van der Waals surface area contributed by atoms with E-state index >= 15 is 4.79 Å². The minimum atomic E-state index is -2.01. The highest BCUT2D eigenvalue weighted by molar-refractivity contribution is 5.93. The maximum absolute atomic E-state index is 15.0. The van der Waals surface area contributed by atoms with Crippen molar-refractivity contribution in [3.8, 4) is 0 Å². The molecule has 19 heteroatoms. The number of Topliss-reactive ketones (excluding diaryl/α,β-unsaturated/α-hetero) is 1. The first-order valence-corrected chi connectivity index (χ1v) is 20.8. The monoisotopic (exact) mass is 879 g/mol. The number of hydrogen-bond acceptors (Lipinski definition) is 18. The number of carbonyl (C=O) groups excluding carboxylic acids is 4. The summed E-state index contributed by atoms with van der Waals surface area (Å²) in [7, 11) is 0. The first-order valence-electron chi connectivity index (χ1n) is 20.8. The molecule has 1 amide bonds. The fraction of sp³-hybridized carbons (Fsp3) is 0.721. The van der Waals surface area contributed by atoms with Gasteiger partial charge in [-0.2, -0.15) is 0 Å². The highest BCUT2D eigenvalue weighted by Crippen LogP contribution is 2.65. The van der Waals surface area contributed by atoms with Crippen molar-refractivity contribution in [2.24, 2.45) is 22.7 Å². The van der Waals surface area contributed by atoms with E-state index in [4.69, 9.17) is 28.4 Å². The van der Waals surface area contributed by atoms with E-state index in [0.29, 0.717) is 5.56 Å². The lowest BCUT2D eigenvalue weighted by Crippen LogP contribution is -2.79. The van der Waals surface area contributed by atoms with E-state index in [1.807, 2.05) is 0 Å². The first kappa shape index (κ1) is 47.9. The van der Waals surface area contributed by atoms with Gasteiger partial charge in [-0.3, -0.25) is 4.79 Å². The molecule has 2 heterocycles. The lowest BCUT2D eigenvalue weighted by Gasteiger charge is -2.67. The molecule has 4 fully saturated rings. The van der Waals surface area contributed by atoms with Crippen molar-refractivity contribution in [1.29, 1.82) is 0 Å². The Morgan fingerprint density at radius 1 is 0.984 bits per heavy atom. The van der Waals surface area contributed by atoms with Gasteiger partial charge in [-0.05, 0) is 57.2 Å². The Morgan fingerprint density at radius 2 is 1.63 bits per heavy atom. The number of nitrogens with one attached hydrogen (secondary N) is 1. The van der Waals surface area contributed by atoms with Gasteiger partial charge in [0.1, 0.15) is 60.5 Å². The molecule has 0 aromatic heterocycles. The number of rotatable bonds is 10. The Bertz CT molecular complexity index is 1900. The summed E-state index contributed by atoms with van der Waals surface area (Å²) in [5.41, 5.74) is -7.43. The molecule has 62 heavy (non-hydrogen) atoms. The van der Waals surface area contributed by atoms with Crippen LogP contribution >= 0.6 is 0 Å². The fourth-order valence-corrected chi connectivity index (χ4v) is 10.6. The Labute approximate surface area is 358 Å². The topological polar surface area (TPSA) is 298 Å². The number of alkyl carbamates (subject to hydrolysis) is 1. The van der Waals surface area contributed by atoms with Crippen LogP contribution in [0.3, 0.4) is 0 Å². The van der Waals surface area contributed by atoms with Crippen LogP contribution in [0.4, 0.5) is 4.79 Å². The SMILES string of the molecule is CC1=C2C(O)C(=O)[C@]3(C)C(OC(=O)COC4OC(CO)C(O)C(O)C4O)CC4OCC4(O)C3[C@H](C)C(O)(CC1OC(=O)C(O)C(NC(=O)OC(C)(C)C)c1ccccc1)C2(C)C. The molecule has 5 aliphatic rings. The van der Waals surface area contributed by atoms with E-state index in [9.17, 15) is 55.2 Å². The molecule has 14 unspecified atom stereocenters. The lowest BCUT2D eigenvalue weighted by atomic mass is 9.42. The molecule has 16 atom stereocenters. The van der Waals surface area contributed by atoms with Crippen molar-refractivity contribution < 1.29 is 88.5 Å². The molecular formula is C43H61NO18. The van der Waals surface area contributed by atoms with Crippen molar-refractivity contribution in [3.63, 3.8) is 0 Å². The summed E-state index contributed by atoms with van der Waals surface area (Å²) in [4.78, 5) is 55.4. The summed E-state index contributed by atoms with van der Waals surface area (Å²) in [6.07, 6.45) is -17.5. The van der Waals surface area contributed by atoms with Crippen LogP contribution in [0.25, 0.3) is 0 Å². The highest BCUT2D eigenvalue weighted by atomic mass is 16.7. The predicted octanol–water partition coefficient (Wildman–Crippen LogP) is -0.533. The predicted molar refractivity (Wildman–Crippen MR) is 211 cm³/mol. The van der Waals surface area contributed by atoms with Crippen molar-refractivity contribution in [3.05, 3.63) is 47.0 Å². The van der Waals surface area contributed by atoms with Crippen LogP contribution in [-0.2, 0) is 42.8 Å². The Morgan fingerprint density at radius 3 is 2.21 bits per heavy atom. The van der Waals surface area contributed by atoms with Crippen LogP contribution in [0, 0.1) is 22.7 Å². The van der Waals surface area contributed by atoms with Gasteiger partial charge in [0.25, 0.3) is 0 Å².